The van der Waals surface area contributed by atoms with Crippen LogP contribution in [0.4, 0.5) is 0 Å². The SMILES string of the molecule is CCCCCCCOc1ccc(C=c2sc3nc(C=Cc4ccc(OC)c(OC)c4)nn3c2=O)cc1. The van der Waals surface area contributed by atoms with Gasteiger partial charge in [0.25, 0.3) is 5.56 Å². The maximum Gasteiger partial charge on any atom is 0.291 e. The summed E-state index contributed by atoms with van der Waals surface area (Å²) in [6, 6.07) is 13.4. The molecule has 8 heteroatoms. The van der Waals surface area contributed by atoms with Gasteiger partial charge in [0.1, 0.15) is 5.75 Å². The molecule has 0 spiro atoms. The largest absolute Gasteiger partial charge is 0.494 e. The number of thiazole rings is 1. The Labute approximate surface area is 214 Å². The molecule has 0 saturated carbocycles. The van der Waals surface area contributed by atoms with Gasteiger partial charge in [-0.3, -0.25) is 4.79 Å². The molecule has 2 heterocycles. The molecule has 4 rings (SSSR count). The number of methoxy groups -OCH3 is 2. The van der Waals surface area contributed by atoms with Gasteiger partial charge >= 0.3 is 0 Å². The van der Waals surface area contributed by atoms with Crippen molar-refractivity contribution in [1.82, 2.24) is 14.6 Å². The van der Waals surface area contributed by atoms with Crippen LogP contribution >= 0.6 is 11.3 Å². The molecule has 0 unspecified atom stereocenters. The summed E-state index contributed by atoms with van der Waals surface area (Å²) in [5.74, 6) is 2.62. The Bertz CT molecular complexity index is 1420. The Balaban J connectivity index is 1.42. The molecule has 7 nitrogen and oxygen atoms in total. The van der Waals surface area contributed by atoms with Crippen molar-refractivity contribution in [3.05, 3.63) is 74.3 Å². The highest BCUT2D eigenvalue weighted by Crippen LogP contribution is 2.28. The number of nitrogens with zero attached hydrogens (tertiary/aromatic N) is 3. The van der Waals surface area contributed by atoms with Gasteiger partial charge in [0.2, 0.25) is 4.96 Å². The summed E-state index contributed by atoms with van der Waals surface area (Å²) in [5, 5.41) is 4.36. The second kappa shape index (κ2) is 12.4. The molecule has 0 aliphatic heterocycles. The Kier molecular flexibility index (Phi) is 8.73. The van der Waals surface area contributed by atoms with Gasteiger partial charge in [0.15, 0.2) is 17.3 Å². The van der Waals surface area contributed by atoms with Crippen molar-refractivity contribution < 1.29 is 14.2 Å². The lowest BCUT2D eigenvalue weighted by Gasteiger charge is -2.07. The van der Waals surface area contributed by atoms with Gasteiger partial charge in [-0.15, -0.1) is 5.10 Å². The van der Waals surface area contributed by atoms with Crippen LogP contribution in [0, 0.1) is 0 Å². The summed E-state index contributed by atoms with van der Waals surface area (Å²) in [7, 11) is 3.20. The summed E-state index contributed by atoms with van der Waals surface area (Å²) in [6.07, 6.45) is 11.6. The van der Waals surface area contributed by atoms with Crippen LogP contribution in [0.25, 0.3) is 23.2 Å². The van der Waals surface area contributed by atoms with E-state index in [1.165, 1.54) is 41.5 Å². The zero-order chi connectivity index (χ0) is 25.3. The van der Waals surface area contributed by atoms with E-state index in [-0.39, 0.29) is 5.56 Å². The van der Waals surface area contributed by atoms with E-state index in [0.29, 0.717) is 26.8 Å². The van der Waals surface area contributed by atoms with Crippen LogP contribution in [0.5, 0.6) is 17.2 Å². The highest BCUT2D eigenvalue weighted by molar-refractivity contribution is 7.15. The number of aromatic nitrogens is 3. The van der Waals surface area contributed by atoms with Crippen molar-refractivity contribution in [2.45, 2.75) is 39.0 Å². The summed E-state index contributed by atoms with van der Waals surface area (Å²) < 4.78 is 18.4. The molecule has 0 bridgehead atoms. The minimum Gasteiger partial charge on any atom is -0.494 e. The van der Waals surface area contributed by atoms with Gasteiger partial charge in [0, 0.05) is 0 Å². The van der Waals surface area contributed by atoms with Crippen LogP contribution in [0.3, 0.4) is 0 Å². The van der Waals surface area contributed by atoms with Crippen molar-refractivity contribution >= 4 is 34.5 Å². The Morgan fingerprint density at radius 3 is 2.39 bits per heavy atom. The smallest absolute Gasteiger partial charge is 0.291 e. The summed E-state index contributed by atoms with van der Waals surface area (Å²) in [6.45, 7) is 2.95. The molecular formula is C28H31N3O4S. The van der Waals surface area contributed by atoms with E-state index >= 15 is 0 Å². The lowest BCUT2D eigenvalue weighted by atomic mass is 10.2. The van der Waals surface area contributed by atoms with E-state index in [4.69, 9.17) is 14.2 Å². The molecule has 0 fully saturated rings. The van der Waals surface area contributed by atoms with Crippen LogP contribution < -0.4 is 24.3 Å². The lowest BCUT2D eigenvalue weighted by molar-refractivity contribution is 0.304. The number of hydrogen-bond donors (Lipinski definition) is 0. The third-order valence-corrected chi connectivity index (χ3v) is 6.68. The number of fused-ring (bicyclic) bond motifs is 1. The number of rotatable bonds is 12. The molecule has 0 radical (unpaired) electrons. The summed E-state index contributed by atoms with van der Waals surface area (Å²) in [5.41, 5.74) is 1.66. The molecular weight excluding hydrogens is 474 g/mol. The lowest BCUT2D eigenvalue weighted by Crippen LogP contribution is -2.23. The molecule has 2 aromatic carbocycles. The van der Waals surface area contributed by atoms with Crippen molar-refractivity contribution in [2.75, 3.05) is 20.8 Å². The van der Waals surface area contributed by atoms with E-state index in [1.54, 1.807) is 20.3 Å². The number of benzene rings is 2. The standard InChI is InChI=1S/C28H31N3O4S/c1-4-5-6-7-8-17-35-22-13-9-21(10-14-22)19-25-27(32)31-28(36-25)29-26(30-31)16-12-20-11-15-23(33-2)24(18-20)34-3/h9-16,18-19H,4-8,17H2,1-3H3. The fraction of sp³-hybridized carbons (Fsp3) is 0.321. The predicted molar refractivity (Wildman–Crippen MR) is 145 cm³/mol. The zero-order valence-corrected chi connectivity index (χ0v) is 21.7. The van der Waals surface area contributed by atoms with Crippen LogP contribution in [-0.2, 0) is 0 Å². The second-order valence-corrected chi connectivity index (χ2v) is 9.37. The molecule has 2 aromatic heterocycles. The van der Waals surface area contributed by atoms with E-state index in [2.05, 4.69) is 17.0 Å². The molecule has 0 aliphatic rings. The Hall–Kier alpha value is -3.65. The summed E-state index contributed by atoms with van der Waals surface area (Å²) >= 11 is 1.32. The van der Waals surface area contributed by atoms with Crippen molar-refractivity contribution in [3.63, 3.8) is 0 Å². The monoisotopic (exact) mass is 505 g/mol. The first-order valence-electron chi connectivity index (χ1n) is 12.2. The minimum atomic E-state index is -0.180. The minimum absolute atomic E-state index is 0.180. The van der Waals surface area contributed by atoms with Gasteiger partial charge < -0.3 is 14.2 Å². The average Bonchev–Trinajstić information content (AvgIpc) is 3.43. The fourth-order valence-electron chi connectivity index (χ4n) is 3.75. The predicted octanol–water partition coefficient (Wildman–Crippen LogP) is 5.24. The first kappa shape index (κ1) is 25.4. The Morgan fingerprint density at radius 2 is 1.67 bits per heavy atom. The Morgan fingerprint density at radius 1 is 0.917 bits per heavy atom. The molecule has 0 saturated heterocycles. The average molecular weight is 506 g/mol. The summed E-state index contributed by atoms with van der Waals surface area (Å²) in [4.78, 5) is 17.9. The number of ether oxygens (including phenoxy) is 3. The first-order chi connectivity index (χ1) is 17.6. The normalized spacial score (nSPS) is 12.0. The maximum atomic E-state index is 12.9. The highest BCUT2D eigenvalue weighted by Gasteiger charge is 2.09. The molecule has 0 amide bonds. The van der Waals surface area contributed by atoms with Crippen molar-refractivity contribution in [2.24, 2.45) is 0 Å². The molecule has 4 aromatic rings. The van der Waals surface area contributed by atoms with Crippen molar-refractivity contribution in [3.8, 4) is 17.2 Å². The number of unbranched alkanes of at least 4 members (excludes halogenated alkanes) is 4. The van der Waals surface area contributed by atoms with Gasteiger partial charge in [-0.2, -0.15) is 9.50 Å². The van der Waals surface area contributed by atoms with Crippen LogP contribution in [0.1, 0.15) is 56.0 Å². The first-order valence-corrected chi connectivity index (χ1v) is 13.0. The van der Waals surface area contributed by atoms with Gasteiger partial charge in [-0.05, 0) is 54.0 Å². The quantitative estimate of drug-likeness (QED) is 0.245. The zero-order valence-electron chi connectivity index (χ0n) is 20.9. The fourth-order valence-corrected chi connectivity index (χ4v) is 4.67. The van der Waals surface area contributed by atoms with E-state index in [1.807, 2.05) is 54.6 Å². The molecule has 0 atom stereocenters. The van der Waals surface area contributed by atoms with Crippen molar-refractivity contribution in [1.29, 1.82) is 0 Å². The molecule has 36 heavy (non-hydrogen) atoms. The molecule has 0 N–H and O–H groups in total. The topological polar surface area (TPSA) is 74.9 Å². The maximum absolute atomic E-state index is 12.9. The highest BCUT2D eigenvalue weighted by atomic mass is 32.1. The van der Waals surface area contributed by atoms with E-state index < -0.39 is 0 Å². The van der Waals surface area contributed by atoms with E-state index in [0.717, 1.165) is 29.9 Å². The van der Waals surface area contributed by atoms with Gasteiger partial charge in [-0.1, -0.05) is 68.2 Å². The number of hydrogen-bond acceptors (Lipinski definition) is 7. The van der Waals surface area contributed by atoms with Gasteiger partial charge in [0.05, 0.1) is 25.4 Å². The van der Waals surface area contributed by atoms with E-state index in [9.17, 15) is 4.79 Å². The van der Waals surface area contributed by atoms with Crippen LogP contribution in [0.2, 0.25) is 0 Å². The molecule has 188 valence electrons. The van der Waals surface area contributed by atoms with Crippen LogP contribution in [0.15, 0.2) is 47.3 Å². The third-order valence-electron chi connectivity index (χ3n) is 5.73. The van der Waals surface area contributed by atoms with Gasteiger partial charge in [-0.25, -0.2) is 0 Å². The van der Waals surface area contributed by atoms with Crippen LogP contribution in [-0.4, -0.2) is 35.4 Å². The second-order valence-electron chi connectivity index (χ2n) is 8.36. The molecule has 0 aliphatic carbocycles. The third kappa shape index (κ3) is 6.31.